The molecule has 2 N–H and O–H groups in total. The molecule has 0 aliphatic rings. The van der Waals surface area contributed by atoms with Gasteiger partial charge in [-0.05, 0) is 43.3 Å². The molecule has 124 valence electrons. The van der Waals surface area contributed by atoms with Crippen molar-refractivity contribution in [2.45, 2.75) is 25.9 Å². The number of rotatable bonds is 5. The third-order valence-corrected chi connectivity index (χ3v) is 5.22. The number of benzene rings is 1. The van der Waals surface area contributed by atoms with E-state index < -0.39 is 0 Å². The number of hydrogen-bond acceptors (Lipinski definition) is 5. The minimum atomic E-state index is -0.0578. The molecule has 0 aliphatic heterocycles. The number of nitrogens with one attached hydrogen (secondary N) is 2. The fourth-order valence-corrected chi connectivity index (χ4v) is 3.78. The molecule has 0 saturated heterocycles. The quantitative estimate of drug-likeness (QED) is 0.671. The number of H-pyrrole nitrogens is 1. The second-order valence-corrected chi connectivity index (χ2v) is 7.44. The number of aromatic nitrogens is 3. The van der Waals surface area contributed by atoms with Gasteiger partial charge in [-0.25, -0.2) is 4.98 Å². The monoisotopic (exact) mass is 358 g/mol. The van der Waals surface area contributed by atoms with Crippen LogP contribution < -0.4 is 5.32 Å². The van der Waals surface area contributed by atoms with Gasteiger partial charge in [0.2, 0.25) is 11.1 Å². The molecule has 7 heteroatoms. The van der Waals surface area contributed by atoms with E-state index >= 15 is 0 Å². The zero-order valence-electron chi connectivity index (χ0n) is 13.7. The van der Waals surface area contributed by atoms with Crippen LogP contribution in [0.2, 0.25) is 0 Å². The molecule has 0 spiro atoms. The van der Waals surface area contributed by atoms with Gasteiger partial charge in [0.05, 0.1) is 10.6 Å². The smallest absolute Gasteiger partial charge is 0.234 e. The van der Waals surface area contributed by atoms with Crippen LogP contribution in [0, 0.1) is 20.8 Å². The fraction of sp³-hybridized carbons (Fsp3) is 0.235. The van der Waals surface area contributed by atoms with Crippen LogP contribution in [0.25, 0.3) is 10.7 Å². The molecule has 24 heavy (non-hydrogen) atoms. The lowest BCUT2D eigenvalue weighted by Gasteiger charge is -2.12. The second-order valence-electron chi connectivity index (χ2n) is 5.55. The number of aromatic amines is 1. The Morgan fingerprint density at radius 2 is 2.04 bits per heavy atom. The summed E-state index contributed by atoms with van der Waals surface area (Å²) in [4.78, 5) is 17.7. The Hall–Kier alpha value is -2.12. The largest absolute Gasteiger partial charge is 0.325 e. The molecule has 0 radical (unpaired) electrons. The summed E-state index contributed by atoms with van der Waals surface area (Å²) in [6, 6.07) is 8.08. The minimum Gasteiger partial charge on any atom is -0.325 e. The van der Waals surface area contributed by atoms with Crippen molar-refractivity contribution in [3.05, 3.63) is 46.3 Å². The van der Waals surface area contributed by atoms with E-state index in [9.17, 15) is 4.79 Å². The number of thiophene rings is 1. The van der Waals surface area contributed by atoms with Crippen molar-refractivity contribution in [3.63, 3.8) is 0 Å². The molecule has 5 nitrogen and oxygen atoms in total. The average Bonchev–Trinajstić information content (AvgIpc) is 3.19. The Labute approximate surface area is 148 Å². The maximum atomic E-state index is 12.2. The SMILES string of the molecule is Cc1cc(C)c(NC(=O)CSc2n[nH]c(-c3cccs3)n2)c(C)c1. The summed E-state index contributed by atoms with van der Waals surface area (Å²) in [6.07, 6.45) is 0. The lowest BCUT2D eigenvalue weighted by atomic mass is 10.1. The Morgan fingerprint density at radius 3 is 2.71 bits per heavy atom. The van der Waals surface area contributed by atoms with Gasteiger partial charge in [-0.3, -0.25) is 9.89 Å². The molecular formula is C17H18N4OS2. The van der Waals surface area contributed by atoms with Crippen LogP contribution in [0.3, 0.4) is 0 Å². The van der Waals surface area contributed by atoms with E-state index in [1.54, 1.807) is 11.3 Å². The highest BCUT2D eigenvalue weighted by atomic mass is 32.2. The maximum absolute atomic E-state index is 12.2. The highest BCUT2D eigenvalue weighted by Crippen LogP contribution is 2.24. The summed E-state index contributed by atoms with van der Waals surface area (Å²) in [7, 11) is 0. The Balaban J connectivity index is 1.60. The number of carbonyl (C=O) groups is 1. The van der Waals surface area contributed by atoms with E-state index in [0.717, 1.165) is 27.5 Å². The molecule has 1 aromatic carbocycles. The van der Waals surface area contributed by atoms with Crippen molar-refractivity contribution in [1.29, 1.82) is 0 Å². The van der Waals surface area contributed by atoms with Crippen LogP contribution >= 0.6 is 23.1 Å². The van der Waals surface area contributed by atoms with Crippen molar-refractivity contribution in [2.24, 2.45) is 0 Å². The maximum Gasteiger partial charge on any atom is 0.234 e. The van der Waals surface area contributed by atoms with Crippen LogP contribution in [0.4, 0.5) is 5.69 Å². The van der Waals surface area contributed by atoms with Crippen LogP contribution in [-0.4, -0.2) is 26.8 Å². The van der Waals surface area contributed by atoms with Crippen molar-refractivity contribution in [1.82, 2.24) is 15.2 Å². The summed E-state index contributed by atoms with van der Waals surface area (Å²) in [5.41, 5.74) is 4.23. The zero-order valence-corrected chi connectivity index (χ0v) is 15.3. The molecular weight excluding hydrogens is 340 g/mol. The van der Waals surface area contributed by atoms with Crippen LogP contribution in [0.15, 0.2) is 34.8 Å². The molecule has 0 saturated carbocycles. The van der Waals surface area contributed by atoms with Gasteiger partial charge in [-0.15, -0.1) is 16.4 Å². The van der Waals surface area contributed by atoms with Crippen molar-refractivity contribution in [2.75, 3.05) is 11.1 Å². The zero-order chi connectivity index (χ0) is 17.1. The normalized spacial score (nSPS) is 10.8. The van der Waals surface area contributed by atoms with Gasteiger partial charge in [0.15, 0.2) is 5.82 Å². The highest BCUT2D eigenvalue weighted by molar-refractivity contribution is 7.99. The summed E-state index contributed by atoms with van der Waals surface area (Å²) in [6.45, 7) is 6.06. The number of carbonyl (C=O) groups excluding carboxylic acids is 1. The molecule has 2 heterocycles. The van der Waals surface area contributed by atoms with Gasteiger partial charge in [-0.1, -0.05) is 35.5 Å². The van der Waals surface area contributed by atoms with Crippen LogP contribution in [0.1, 0.15) is 16.7 Å². The van der Waals surface area contributed by atoms with Gasteiger partial charge >= 0.3 is 0 Å². The first-order chi connectivity index (χ1) is 11.5. The van der Waals surface area contributed by atoms with Crippen LogP contribution in [-0.2, 0) is 4.79 Å². The van der Waals surface area contributed by atoms with E-state index in [-0.39, 0.29) is 11.7 Å². The lowest BCUT2D eigenvalue weighted by Crippen LogP contribution is -2.16. The van der Waals surface area contributed by atoms with Crippen molar-refractivity contribution >= 4 is 34.7 Å². The summed E-state index contributed by atoms with van der Waals surface area (Å²) in [5, 5.41) is 12.6. The Bertz CT molecular complexity index is 832. The first kappa shape index (κ1) is 16.7. The van der Waals surface area contributed by atoms with E-state index in [0.29, 0.717) is 5.16 Å². The molecule has 0 unspecified atom stereocenters. The molecule has 0 atom stereocenters. The van der Waals surface area contributed by atoms with Crippen molar-refractivity contribution in [3.8, 4) is 10.7 Å². The topological polar surface area (TPSA) is 70.7 Å². The van der Waals surface area contributed by atoms with E-state index in [4.69, 9.17) is 0 Å². The van der Waals surface area contributed by atoms with Crippen molar-refractivity contribution < 1.29 is 4.79 Å². The number of aryl methyl sites for hydroxylation is 3. The molecule has 0 fully saturated rings. The molecule has 3 rings (SSSR count). The number of anilines is 1. The summed E-state index contributed by atoms with van der Waals surface area (Å²) < 4.78 is 0. The third kappa shape index (κ3) is 3.85. The molecule has 1 amide bonds. The van der Waals surface area contributed by atoms with Crippen LogP contribution in [0.5, 0.6) is 0 Å². The average molecular weight is 358 g/mol. The number of amides is 1. The Morgan fingerprint density at radius 1 is 1.29 bits per heavy atom. The number of hydrogen-bond donors (Lipinski definition) is 2. The molecule has 2 aromatic heterocycles. The van der Waals surface area contributed by atoms with Gasteiger partial charge in [0.25, 0.3) is 0 Å². The van der Waals surface area contributed by atoms with Gasteiger partial charge in [0, 0.05) is 5.69 Å². The first-order valence-electron chi connectivity index (χ1n) is 7.49. The van der Waals surface area contributed by atoms with Gasteiger partial charge in [0.1, 0.15) is 0 Å². The van der Waals surface area contributed by atoms with E-state index in [1.165, 1.54) is 17.3 Å². The van der Waals surface area contributed by atoms with E-state index in [2.05, 4.69) is 39.6 Å². The van der Waals surface area contributed by atoms with Gasteiger partial charge < -0.3 is 5.32 Å². The lowest BCUT2D eigenvalue weighted by molar-refractivity contribution is -0.113. The van der Waals surface area contributed by atoms with Gasteiger partial charge in [-0.2, -0.15) is 0 Å². The summed E-state index contributed by atoms with van der Waals surface area (Å²) >= 11 is 2.92. The first-order valence-corrected chi connectivity index (χ1v) is 9.36. The predicted molar refractivity (Wildman–Crippen MR) is 99.7 cm³/mol. The predicted octanol–water partition coefficient (Wildman–Crippen LogP) is 4.19. The number of thioether (sulfide) groups is 1. The number of nitrogens with zero attached hydrogens (tertiary/aromatic N) is 2. The Kier molecular flexibility index (Phi) is 5.01. The summed E-state index contributed by atoms with van der Waals surface area (Å²) in [5.74, 6) is 0.949. The fourth-order valence-electron chi connectivity index (χ4n) is 2.52. The highest BCUT2D eigenvalue weighted by Gasteiger charge is 2.11. The minimum absolute atomic E-state index is 0.0578. The molecule has 3 aromatic rings. The second kappa shape index (κ2) is 7.19. The molecule has 0 aliphatic carbocycles. The third-order valence-electron chi connectivity index (χ3n) is 3.49. The standard InChI is InChI=1S/C17H18N4OS2/c1-10-7-11(2)15(12(3)8-10)18-14(22)9-24-17-19-16(20-21-17)13-5-4-6-23-13/h4-8H,9H2,1-3H3,(H,18,22)(H,19,20,21). The van der Waals surface area contributed by atoms with E-state index in [1.807, 2.05) is 31.4 Å². The molecule has 0 bridgehead atoms.